The molecule has 0 spiro atoms. The van der Waals surface area contributed by atoms with E-state index in [9.17, 15) is 9.18 Å². The van der Waals surface area contributed by atoms with Crippen molar-refractivity contribution in [1.82, 2.24) is 29.6 Å². The van der Waals surface area contributed by atoms with Gasteiger partial charge in [-0.25, -0.2) is 19.0 Å². The van der Waals surface area contributed by atoms with Crippen LogP contribution in [0, 0.1) is 17.7 Å². The molecule has 5 rings (SSSR count). The smallest absolute Gasteiger partial charge is 0.225 e. The van der Waals surface area contributed by atoms with Crippen molar-refractivity contribution in [3.05, 3.63) is 52.9 Å². The topological polar surface area (TPSA) is 76.8 Å². The maximum Gasteiger partial charge on any atom is 0.225 e. The molecule has 1 saturated carbocycles. The van der Waals surface area contributed by atoms with Gasteiger partial charge in [-0.1, -0.05) is 6.07 Å². The molecule has 4 aromatic rings. The van der Waals surface area contributed by atoms with Crippen molar-refractivity contribution in [2.45, 2.75) is 25.7 Å². The van der Waals surface area contributed by atoms with Gasteiger partial charge in [0.2, 0.25) is 5.91 Å². The maximum atomic E-state index is 14.7. The molecule has 164 valence electrons. The molecule has 7 nitrogen and oxygen atoms in total. The number of benzene rings is 1. The number of carbonyl (C=O) groups excluding carboxylic acids is 1. The van der Waals surface area contributed by atoms with Crippen LogP contribution in [0.15, 0.2) is 41.3 Å². The van der Waals surface area contributed by atoms with Gasteiger partial charge in [0, 0.05) is 50.3 Å². The van der Waals surface area contributed by atoms with E-state index in [1.807, 2.05) is 12.1 Å². The van der Waals surface area contributed by atoms with Crippen LogP contribution in [0.3, 0.4) is 0 Å². The number of carbonyl (C=O) groups is 1. The fourth-order valence-electron chi connectivity index (χ4n) is 4.55. The molecule has 1 fully saturated rings. The van der Waals surface area contributed by atoms with Crippen molar-refractivity contribution >= 4 is 43.8 Å². The molecule has 0 saturated heterocycles. The van der Waals surface area contributed by atoms with Crippen LogP contribution < -0.4 is 0 Å². The van der Waals surface area contributed by atoms with Gasteiger partial charge in [0.05, 0.1) is 11.1 Å². The first-order valence-corrected chi connectivity index (χ1v) is 11.4. The van der Waals surface area contributed by atoms with E-state index in [0.717, 1.165) is 24.6 Å². The van der Waals surface area contributed by atoms with Crippen molar-refractivity contribution < 1.29 is 9.18 Å². The summed E-state index contributed by atoms with van der Waals surface area (Å²) in [5.41, 5.74) is 1.51. The summed E-state index contributed by atoms with van der Waals surface area (Å²) in [6.07, 6.45) is 6.76. The molecule has 2 atom stereocenters. The molecule has 3 aromatic heterocycles. The number of halogens is 2. The highest BCUT2D eigenvalue weighted by molar-refractivity contribution is 9.10. The fraction of sp³-hybridized carbons (Fsp3) is 0.348. The average molecular weight is 497 g/mol. The lowest BCUT2D eigenvalue weighted by molar-refractivity contribution is -0.132. The van der Waals surface area contributed by atoms with E-state index in [2.05, 4.69) is 31.0 Å². The molecular formula is C23H22BrFN6O. The highest BCUT2D eigenvalue weighted by atomic mass is 79.9. The Kier molecular flexibility index (Phi) is 5.36. The first kappa shape index (κ1) is 20.9. The van der Waals surface area contributed by atoms with Gasteiger partial charge < -0.3 is 4.90 Å². The number of hydrogen-bond donors (Lipinski definition) is 0. The molecule has 32 heavy (non-hydrogen) atoms. The molecule has 0 unspecified atom stereocenters. The number of pyridine rings is 1. The van der Waals surface area contributed by atoms with E-state index < -0.39 is 5.82 Å². The number of aromatic nitrogens is 5. The SMILES string of the molecule is CN(C)C(=O)[C@@H]1CC[C@@H](Cc2ncc3c(Br)nn(-c4cc(F)c5ncccc5c4)c3n2)C1. The standard InChI is InChI=1S/C23H22BrFN6O/c1-30(2)23(32)15-6-5-13(8-15)9-19-27-12-17-21(24)29-31(22(17)28-19)16-10-14-4-3-7-26-20(14)18(25)11-16/h3-4,7,10-13,15H,5-6,8-9H2,1-2H3/t13-,15-/m1/s1. The van der Waals surface area contributed by atoms with Crippen LogP contribution in [0.1, 0.15) is 25.1 Å². The minimum Gasteiger partial charge on any atom is -0.349 e. The zero-order chi connectivity index (χ0) is 22.4. The molecule has 0 radical (unpaired) electrons. The highest BCUT2D eigenvalue weighted by Crippen LogP contribution is 2.34. The molecule has 1 aromatic carbocycles. The Hall–Kier alpha value is -2.94. The summed E-state index contributed by atoms with van der Waals surface area (Å²) in [4.78, 5) is 27.4. The van der Waals surface area contributed by atoms with Gasteiger partial charge in [-0.15, -0.1) is 0 Å². The molecule has 3 heterocycles. The van der Waals surface area contributed by atoms with Crippen LogP contribution >= 0.6 is 15.9 Å². The van der Waals surface area contributed by atoms with Gasteiger partial charge in [0.1, 0.15) is 15.9 Å². The predicted octanol–water partition coefficient (Wildman–Crippen LogP) is 4.31. The lowest BCUT2D eigenvalue weighted by atomic mass is 10.0. The van der Waals surface area contributed by atoms with Crippen molar-refractivity contribution in [2.75, 3.05) is 14.1 Å². The van der Waals surface area contributed by atoms with Crippen LogP contribution in [0.5, 0.6) is 0 Å². The van der Waals surface area contributed by atoms with Gasteiger partial charge in [-0.3, -0.25) is 9.78 Å². The second-order valence-electron chi connectivity index (χ2n) is 8.54. The van der Waals surface area contributed by atoms with E-state index in [1.165, 1.54) is 6.07 Å². The van der Waals surface area contributed by atoms with Crippen LogP contribution in [-0.4, -0.2) is 49.6 Å². The summed E-state index contributed by atoms with van der Waals surface area (Å²) in [5.74, 6) is 0.934. The lowest BCUT2D eigenvalue weighted by Gasteiger charge is -2.16. The summed E-state index contributed by atoms with van der Waals surface area (Å²) in [7, 11) is 3.61. The molecule has 1 aliphatic carbocycles. The van der Waals surface area contributed by atoms with E-state index >= 15 is 0 Å². The Balaban J connectivity index is 1.47. The van der Waals surface area contributed by atoms with Gasteiger partial charge in [0.25, 0.3) is 0 Å². The first-order valence-electron chi connectivity index (χ1n) is 10.6. The number of hydrogen-bond acceptors (Lipinski definition) is 5. The van der Waals surface area contributed by atoms with E-state index in [0.29, 0.717) is 45.0 Å². The Bertz CT molecular complexity index is 1340. The van der Waals surface area contributed by atoms with Crippen LogP contribution in [0.4, 0.5) is 4.39 Å². The van der Waals surface area contributed by atoms with Gasteiger partial charge in [-0.2, -0.15) is 5.10 Å². The van der Waals surface area contributed by atoms with E-state index in [-0.39, 0.29) is 11.8 Å². The summed E-state index contributed by atoms with van der Waals surface area (Å²) >= 11 is 3.47. The molecule has 0 bridgehead atoms. The van der Waals surface area contributed by atoms with Crippen LogP contribution in [0.2, 0.25) is 0 Å². The third-order valence-corrected chi connectivity index (χ3v) is 6.71. The number of nitrogens with zero attached hydrogens (tertiary/aromatic N) is 6. The highest BCUT2D eigenvalue weighted by Gasteiger charge is 2.31. The third kappa shape index (κ3) is 3.74. The summed E-state index contributed by atoms with van der Waals surface area (Å²) in [6.45, 7) is 0. The average Bonchev–Trinajstić information content (AvgIpc) is 3.37. The van der Waals surface area contributed by atoms with Gasteiger partial charge >= 0.3 is 0 Å². The first-order chi connectivity index (χ1) is 15.4. The van der Waals surface area contributed by atoms with Crippen LogP contribution in [0.25, 0.3) is 27.6 Å². The zero-order valence-corrected chi connectivity index (χ0v) is 19.4. The quantitative estimate of drug-likeness (QED) is 0.420. The Labute approximate surface area is 192 Å². The Morgan fingerprint density at radius 2 is 2.12 bits per heavy atom. The summed E-state index contributed by atoms with van der Waals surface area (Å²) < 4.78 is 16.9. The normalized spacial score (nSPS) is 18.5. The van der Waals surface area contributed by atoms with Crippen molar-refractivity contribution in [3.8, 4) is 5.69 Å². The zero-order valence-electron chi connectivity index (χ0n) is 17.8. The Morgan fingerprint density at radius 1 is 1.28 bits per heavy atom. The molecule has 0 N–H and O–H groups in total. The largest absolute Gasteiger partial charge is 0.349 e. The van der Waals surface area contributed by atoms with Crippen LogP contribution in [-0.2, 0) is 11.2 Å². The van der Waals surface area contributed by atoms with E-state index in [1.54, 1.807) is 42.1 Å². The number of amides is 1. The fourth-order valence-corrected chi connectivity index (χ4v) is 4.98. The summed E-state index contributed by atoms with van der Waals surface area (Å²) in [6, 6.07) is 6.87. The molecule has 1 amide bonds. The van der Waals surface area contributed by atoms with Crippen molar-refractivity contribution in [3.63, 3.8) is 0 Å². The third-order valence-electron chi connectivity index (χ3n) is 6.12. The second kappa shape index (κ2) is 8.20. The minimum atomic E-state index is -0.408. The van der Waals surface area contributed by atoms with Crippen molar-refractivity contribution in [1.29, 1.82) is 0 Å². The Morgan fingerprint density at radius 3 is 2.94 bits per heavy atom. The van der Waals surface area contributed by atoms with Gasteiger partial charge in [-0.05, 0) is 53.2 Å². The monoisotopic (exact) mass is 496 g/mol. The summed E-state index contributed by atoms with van der Waals surface area (Å²) in [5, 5.41) is 5.98. The van der Waals surface area contributed by atoms with E-state index in [4.69, 9.17) is 4.98 Å². The number of rotatable bonds is 4. The van der Waals surface area contributed by atoms with Gasteiger partial charge in [0.15, 0.2) is 11.5 Å². The molecular weight excluding hydrogens is 475 g/mol. The van der Waals surface area contributed by atoms with Crippen molar-refractivity contribution in [2.24, 2.45) is 11.8 Å². The number of fused-ring (bicyclic) bond motifs is 2. The molecule has 1 aliphatic rings. The second-order valence-corrected chi connectivity index (χ2v) is 9.29. The lowest BCUT2D eigenvalue weighted by Crippen LogP contribution is -2.28. The predicted molar refractivity (Wildman–Crippen MR) is 123 cm³/mol. The molecule has 9 heteroatoms. The molecule has 0 aliphatic heterocycles. The maximum absolute atomic E-state index is 14.7. The minimum absolute atomic E-state index is 0.0765.